The molecule has 7 nitrogen and oxygen atoms in total. The number of ether oxygens (including phenoxy) is 1. The summed E-state index contributed by atoms with van der Waals surface area (Å²) >= 11 is 2.92. The summed E-state index contributed by atoms with van der Waals surface area (Å²) in [4.78, 5) is 26.7. The maximum absolute atomic E-state index is 12.5. The van der Waals surface area contributed by atoms with Crippen LogP contribution < -0.4 is 10.1 Å². The van der Waals surface area contributed by atoms with Crippen molar-refractivity contribution in [3.8, 4) is 5.75 Å². The van der Waals surface area contributed by atoms with Gasteiger partial charge in [-0.25, -0.2) is 15.0 Å². The number of rotatable bonds is 7. The number of hydrogen-bond donors (Lipinski definition) is 1. The van der Waals surface area contributed by atoms with Crippen LogP contribution in [0.3, 0.4) is 0 Å². The van der Waals surface area contributed by atoms with Crippen LogP contribution in [-0.2, 0) is 18.3 Å². The Hall–Kier alpha value is -2.39. The van der Waals surface area contributed by atoms with Gasteiger partial charge in [-0.1, -0.05) is 0 Å². The second kappa shape index (κ2) is 8.96. The van der Waals surface area contributed by atoms with Crippen LogP contribution in [0.2, 0.25) is 0 Å². The van der Waals surface area contributed by atoms with Gasteiger partial charge in [-0.2, -0.15) is 0 Å². The zero-order valence-electron chi connectivity index (χ0n) is 16.4. The van der Waals surface area contributed by atoms with Crippen LogP contribution >= 0.6 is 23.1 Å². The summed E-state index contributed by atoms with van der Waals surface area (Å²) in [6.45, 7) is 1.96. The van der Waals surface area contributed by atoms with Crippen molar-refractivity contribution in [3.63, 3.8) is 0 Å². The highest BCUT2D eigenvalue weighted by atomic mass is 32.2. The van der Waals surface area contributed by atoms with Crippen LogP contribution in [0.5, 0.6) is 5.75 Å². The highest BCUT2D eigenvalue weighted by molar-refractivity contribution is 7.99. The van der Waals surface area contributed by atoms with E-state index < -0.39 is 0 Å². The van der Waals surface area contributed by atoms with E-state index in [1.54, 1.807) is 12.4 Å². The van der Waals surface area contributed by atoms with E-state index in [-0.39, 0.29) is 18.4 Å². The molecule has 9 heteroatoms. The Bertz CT molecular complexity index is 994. The summed E-state index contributed by atoms with van der Waals surface area (Å²) in [7, 11) is 1.94. The molecule has 3 aromatic rings. The summed E-state index contributed by atoms with van der Waals surface area (Å²) in [6, 6.07) is 3.80. The fraction of sp³-hybridized carbons (Fsp3) is 0.400. The monoisotopic (exact) mass is 429 g/mol. The molecule has 4 rings (SSSR count). The molecule has 0 saturated heterocycles. The lowest BCUT2D eigenvalue weighted by Crippen LogP contribution is -2.16. The molecule has 0 aliphatic heterocycles. The van der Waals surface area contributed by atoms with Crippen molar-refractivity contribution in [1.82, 2.24) is 19.5 Å². The number of hydrogen-bond acceptors (Lipinski definition) is 7. The van der Waals surface area contributed by atoms with Gasteiger partial charge in [0.2, 0.25) is 5.91 Å². The molecule has 0 radical (unpaired) electrons. The molecule has 1 aliphatic carbocycles. The third-order valence-electron chi connectivity index (χ3n) is 4.62. The average molecular weight is 430 g/mol. The number of carbonyl (C=O) groups excluding carboxylic acids is 1. The van der Waals surface area contributed by atoms with E-state index in [1.165, 1.54) is 35.9 Å². The minimum atomic E-state index is -0.141. The molecule has 1 fully saturated rings. The predicted octanol–water partition coefficient (Wildman–Crippen LogP) is 4.23. The summed E-state index contributed by atoms with van der Waals surface area (Å²) in [6.07, 6.45) is 10.3. The van der Waals surface area contributed by atoms with Gasteiger partial charge in [0, 0.05) is 42.6 Å². The minimum Gasteiger partial charge on any atom is -0.490 e. The number of amides is 1. The molecule has 1 N–H and O–H groups in total. The van der Waals surface area contributed by atoms with E-state index in [4.69, 9.17) is 4.74 Å². The van der Waals surface area contributed by atoms with E-state index in [1.807, 2.05) is 36.9 Å². The molecule has 0 unspecified atom stereocenters. The molecule has 152 valence electrons. The SMILES string of the molecule is Cc1cnc(NC(=O)Cc2cc(OC3CCCC3)cc(Sc3nccn3C)n2)s1. The fourth-order valence-corrected chi connectivity index (χ4v) is 4.75. The molecule has 3 heterocycles. The van der Waals surface area contributed by atoms with Gasteiger partial charge in [0.15, 0.2) is 10.3 Å². The van der Waals surface area contributed by atoms with E-state index in [2.05, 4.69) is 20.3 Å². The van der Waals surface area contributed by atoms with Crippen molar-refractivity contribution in [2.24, 2.45) is 7.05 Å². The molecule has 3 aromatic heterocycles. The van der Waals surface area contributed by atoms with Crippen LogP contribution in [-0.4, -0.2) is 31.5 Å². The summed E-state index contributed by atoms with van der Waals surface area (Å²) in [5.41, 5.74) is 0.669. The molecule has 0 spiro atoms. The molecule has 0 aromatic carbocycles. The number of nitrogens with zero attached hydrogens (tertiary/aromatic N) is 4. The Balaban J connectivity index is 1.52. The smallest absolute Gasteiger partial charge is 0.232 e. The highest BCUT2D eigenvalue weighted by Gasteiger charge is 2.18. The van der Waals surface area contributed by atoms with Crippen molar-refractivity contribution in [2.45, 2.75) is 55.3 Å². The Morgan fingerprint density at radius 1 is 1.34 bits per heavy atom. The van der Waals surface area contributed by atoms with Crippen LogP contribution in [0.1, 0.15) is 36.3 Å². The fourth-order valence-electron chi connectivity index (χ4n) is 3.23. The molecule has 1 aliphatic rings. The first-order valence-corrected chi connectivity index (χ1v) is 11.2. The summed E-state index contributed by atoms with van der Waals surface area (Å²) < 4.78 is 8.13. The maximum Gasteiger partial charge on any atom is 0.232 e. The van der Waals surface area contributed by atoms with Crippen molar-refractivity contribution >= 4 is 34.1 Å². The Morgan fingerprint density at radius 3 is 2.86 bits per heavy atom. The van der Waals surface area contributed by atoms with Gasteiger partial charge in [0.25, 0.3) is 0 Å². The Labute approximate surface area is 177 Å². The topological polar surface area (TPSA) is 81.9 Å². The number of anilines is 1. The third kappa shape index (κ3) is 5.36. The van der Waals surface area contributed by atoms with E-state index in [0.717, 1.165) is 33.7 Å². The van der Waals surface area contributed by atoms with Gasteiger partial charge in [0.1, 0.15) is 10.8 Å². The summed E-state index contributed by atoms with van der Waals surface area (Å²) in [5.74, 6) is 0.620. The average Bonchev–Trinajstić information content (AvgIpc) is 3.40. The van der Waals surface area contributed by atoms with Gasteiger partial charge < -0.3 is 14.6 Å². The van der Waals surface area contributed by atoms with Gasteiger partial charge in [-0.05, 0) is 44.4 Å². The van der Waals surface area contributed by atoms with Crippen LogP contribution in [0.15, 0.2) is 40.9 Å². The molecule has 1 amide bonds. The number of thiazole rings is 1. The molecule has 1 saturated carbocycles. The first-order chi connectivity index (χ1) is 14.0. The molecule has 0 atom stereocenters. The lowest BCUT2D eigenvalue weighted by atomic mass is 10.2. The summed E-state index contributed by atoms with van der Waals surface area (Å²) in [5, 5.41) is 5.05. The Kier molecular flexibility index (Phi) is 6.15. The van der Waals surface area contributed by atoms with Crippen LogP contribution in [0.25, 0.3) is 0 Å². The number of aryl methyl sites for hydroxylation is 2. The second-order valence-corrected chi connectivity index (χ2v) is 9.30. The molecular formula is C20H23N5O2S2. The first kappa shape index (κ1) is 19.9. The van der Waals surface area contributed by atoms with Crippen molar-refractivity contribution < 1.29 is 9.53 Å². The van der Waals surface area contributed by atoms with Gasteiger partial charge in [-0.3, -0.25) is 4.79 Å². The second-order valence-electron chi connectivity index (χ2n) is 7.08. The minimum absolute atomic E-state index is 0.141. The number of carbonyl (C=O) groups is 1. The maximum atomic E-state index is 12.5. The highest BCUT2D eigenvalue weighted by Crippen LogP contribution is 2.30. The molecule has 29 heavy (non-hydrogen) atoms. The van der Waals surface area contributed by atoms with E-state index >= 15 is 0 Å². The van der Waals surface area contributed by atoms with Crippen molar-refractivity contribution in [3.05, 3.63) is 41.3 Å². The van der Waals surface area contributed by atoms with E-state index in [0.29, 0.717) is 10.8 Å². The largest absolute Gasteiger partial charge is 0.490 e. The number of pyridine rings is 1. The van der Waals surface area contributed by atoms with Crippen molar-refractivity contribution in [1.29, 1.82) is 0 Å². The van der Waals surface area contributed by atoms with E-state index in [9.17, 15) is 4.79 Å². The normalized spacial score (nSPS) is 14.3. The lowest BCUT2D eigenvalue weighted by Gasteiger charge is -2.15. The number of aromatic nitrogens is 4. The quantitative estimate of drug-likeness (QED) is 0.605. The molecule has 0 bridgehead atoms. The predicted molar refractivity (Wildman–Crippen MR) is 114 cm³/mol. The van der Waals surface area contributed by atoms with Crippen molar-refractivity contribution in [2.75, 3.05) is 5.32 Å². The van der Waals surface area contributed by atoms with Crippen LogP contribution in [0, 0.1) is 6.92 Å². The lowest BCUT2D eigenvalue weighted by molar-refractivity contribution is -0.115. The molecular weight excluding hydrogens is 406 g/mol. The number of imidazole rings is 1. The Morgan fingerprint density at radius 2 is 2.17 bits per heavy atom. The van der Waals surface area contributed by atoms with Gasteiger partial charge in [0.05, 0.1) is 18.2 Å². The number of nitrogens with one attached hydrogen (secondary N) is 1. The third-order valence-corrected chi connectivity index (χ3v) is 6.44. The van der Waals surface area contributed by atoms with Gasteiger partial charge in [-0.15, -0.1) is 11.3 Å². The zero-order chi connectivity index (χ0) is 20.2. The zero-order valence-corrected chi connectivity index (χ0v) is 18.1. The first-order valence-electron chi connectivity index (χ1n) is 9.60. The standard InChI is InChI=1S/C20H23N5O2S2/c1-13-12-22-19(28-13)24-17(26)10-14-9-16(27-15-5-3-4-6-15)11-18(23-14)29-20-21-7-8-25(20)2/h7-9,11-12,15H,3-6,10H2,1-2H3,(H,22,24,26). The van der Waals surface area contributed by atoms with Crippen LogP contribution in [0.4, 0.5) is 5.13 Å². The van der Waals surface area contributed by atoms with Gasteiger partial charge >= 0.3 is 0 Å².